The van der Waals surface area contributed by atoms with Gasteiger partial charge in [-0.2, -0.15) is 0 Å². The second kappa shape index (κ2) is 9.12. The van der Waals surface area contributed by atoms with Crippen molar-refractivity contribution in [3.05, 3.63) is 70.8 Å². The van der Waals surface area contributed by atoms with Gasteiger partial charge in [0.2, 0.25) is 0 Å². The van der Waals surface area contributed by atoms with E-state index in [9.17, 15) is 19.8 Å². The van der Waals surface area contributed by atoms with E-state index in [2.05, 4.69) is 0 Å². The Morgan fingerprint density at radius 3 is 1.35 bits per heavy atom. The Hall–Kier alpha value is -2.70. The molecule has 0 aliphatic rings. The van der Waals surface area contributed by atoms with Crippen LogP contribution in [-0.2, 0) is 32.3 Å². The lowest BCUT2D eigenvalue weighted by Crippen LogP contribution is -2.41. The van der Waals surface area contributed by atoms with Crippen molar-refractivity contribution in [2.75, 3.05) is 0 Å². The number of esters is 2. The van der Waals surface area contributed by atoms with E-state index >= 15 is 0 Å². The lowest BCUT2D eigenvalue weighted by Gasteiger charge is -2.16. The van der Waals surface area contributed by atoms with Crippen LogP contribution in [0.1, 0.15) is 22.3 Å². The predicted octanol–water partition coefficient (Wildman–Crippen LogP) is 1.81. The van der Waals surface area contributed by atoms with Gasteiger partial charge in [-0.15, -0.1) is 0 Å². The fourth-order valence-electron chi connectivity index (χ4n) is 2.11. The first-order valence-corrected chi connectivity index (χ1v) is 8.17. The highest BCUT2D eigenvalue weighted by Crippen LogP contribution is 2.09. The van der Waals surface area contributed by atoms with Gasteiger partial charge in [0.15, 0.2) is 12.2 Å². The smallest absolute Gasteiger partial charge is 0.338 e. The molecule has 0 bridgehead atoms. The maximum Gasteiger partial charge on any atom is 0.338 e. The average Bonchev–Trinajstić information content (AvgIpc) is 2.65. The normalized spacial score (nSPS) is 12.9. The zero-order chi connectivity index (χ0) is 19.1. The molecule has 138 valence electrons. The molecular formula is C20H22O6. The first-order chi connectivity index (χ1) is 12.4. The van der Waals surface area contributed by atoms with Crippen LogP contribution in [-0.4, -0.2) is 34.4 Å². The number of ether oxygens (including phenoxy) is 2. The Balaban J connectivity index is 1.81. The predicted molar refractivity (Wildman–Crippen MR) is 94.0 cm³/mol. The second-order valence-corrected chi connectivity index (χ2v) is 6.08. The first-order valence-electron chi connectivity index (χ1n) is 8.17. The molecule has 0 heterocycles. The lowest BCUT2D eigenvalue weighted by molar-refractivity contribution is -0.174. The zero-order valence-corrected chi connectivity index (χ0v) is 14.7. The number of aliphatic hydroxyl groups excluding tert-OH is 2. The highest BCUT2D eigenvalue weighted by atomic mass is 16.6. The maximum absolute atomic E-state index is 11.8. The molecular weight excluding hydrogens is 336 g/mol. The summed E-state index contributed by atoms with van der Waals surface area (Å²) in [6, 6.07) is 14.5. The van der Waals surface area contributed by atoms with Crippen LogP contribution in [0.25, 0.3) is 0 Å². The van der Waals surface area contributed by atoms with Gasteiger partial charge in [-0.05, 0) is 25.0 Å². The molecule has 0 fully saturated rings. The molecule has 0 saturated heterocycles. The van der Waals surface area contributed by atoms with E-state index < -0.39 is 24.1 Å². The van der Waals surface area contributed by atoms with E-state index in [-0.39, 0.29) is 13.2 Å². The summed E-state index contributed by atoms with van der Waals surface area (Å²) in [7, 11) is 0. The minimum Gasteiger partial charge on any atom is -0.459 e. The van der Waals surface area contributed by atoms with Crippen LogP contribution in [0.5, 0.6) is 0 Å². The van der Waals surface area contributed by atoms with Crippen molar-refractivity contribution in [2.45, 2.75) is 39.3 Å². The van der Waals surface area contributed by atoms with Crippen molar-refractivity contribution in [3.63, 3.8) is 0 Å². The van der Waals surface area contributed by atoms with Crippen LogP contribution >= 0.6 is 0 Å². The monoisotopic (exact) mass is 358 g/mol. The van der Waals surface area contributed by atoms with Gasteiger partial charge in [0.05, 0.1) is 0 Å². The molecule has 2 atom stereocenters. The number of rotatable bonds is 7. The molecule has 0 aromatic heterocycles. The summed E-state index contributed by atoms with van der Waals surface area (Å²) >= 11 is 0. The molecule has 2 aromatic carbocycles. The van der Waals surface area contributed by atoms with Crippen LogP contribution in [0.2, 0.25) is 0 Å². The van der Waals surface area contributed by atoms with Gasteiger partial charge >= 0.3 is 11.9 Å². The van der Waals surface area contributed by atoms with E-state index in [1.165, 1.54) is 0 Å². The zero-order valence-electron chi connectivity index (χ0n) is 14.7. The molecule has 0 aliphatic carbocycles. The number of aliphatic hydroxyl groups is 2. The number of hydrogen-bond donors (Lipinski definition) is 2. The molecule has 0 saturated carbocycles. The SMILES string of the molecule is Cc1ccc(COC(=O)C(O)C(O)C(=O)OCc2ccc(C)cc2)cc1. The molecule has 0 aliphatic heterocycles. The van der Waals surface area contributed by atoms with Crippen molar-refractivity contribution >= 4 is 11.9 Å². The summed E-state index contributed by atoms with van der Waals surface area (Å²) in [4.78, 5) is 23.6. The Morgan fingerprint density at radius 1 is 0.731 bits per heavy atom. The van der Waals surface area contributed by atoms with E-state index in [1.807, 2.05) is 38.1 Å². The third-order valence-corrected chi connectivity index (χ3v) is 3.79. The quantitative estimate of drug-likeness (QED) is 0.734. The molecule has 2 N–H and O–H groups in total. The van der Waals surface area contributed by atoms with Crippen molar-refractivity contribution in [2.24, 2.45) is 0 Å². The Kier molecular flexibility index (Phi) is 6.89. The fourth-order valence-corrected chi connectivity index (χ4v) is 2.11. The molecule has 0 radical (unpaired) electrons. The van der Waals surface area contributed by atoms with Crippen LogP contribution in [0, 0.1) is 13.8 Å². The van der Waals surface area contributed by atoms with Crippen molar-refractivity contribution in [1.82, 2.24) is 0 Å². The Labute approximate surface area is 152 Å². The lowest BCUT2D eigenvalue weighted by atomic mass is 10.1. The largest absolute Gasteiger partial charge is 0.459 e. The molecule has 6 nitrogen and oxygen atoms in total. The molecule has 2 unspecified atom stereocenters. The van der Waals surface area contributed by atoms with Gasteiger partial charge in [0, 0.05) is 0 Å². The summed E-state index contributed by atoms with van der Waals surface area (Å²) in [5, 5.41) is 19.6. The summed E-state index contributed by atoms with van der Waals surface area (Å²) in [5.74, 6) is -2.18. The van der Waals surface area contributed by atoms with Gasteiger partial charge in [0.25, 0.3) is 0 Å². The van der Waals surface area contributed by atoms with Crippen molar-refractivity contribution < 1.29 is 29.3 Å². The summed E-state index contributed by atoms with van der Waals surface area (Å²) in [5.41, 5.74) is 3.58. The molecule has 2 rings (SSSR count). The minimum atomic E-state index is -2.01. The third kappa shape index (κ3) is 5.68. The van der Waals surface area contributed by atoms with Crippen LogP contribution in [0.4, 0.5) is 0 Å². The Bertz CT molecular complexity index is 670. The van der Waals surface area contributed by atoms with E-state index in [4.69, 9.17) is 9.47 Å². The maximum atomic E-state index is 11.8. The average molecular weight is 358 g/mol. The molecule has 0 amide bonds. The first kappa shape index (κ1) is 19.6. The second-order valence-electron chi connectivity index (χ2n) is 6.08. The molecule has 6 heteroatoms. The summed E-state index contributed by atoms with van der Waals surface area (Å²) in [6.45, 7) is 3.72. The fraction of sp³-hybridized carbons (Fsp3) is 0.300. The van der Waals surface area contributed by atoms with Crippen molar-refractivity contribution in [3.8, 4) is 0 Å². The minimum absolute atomic E-state index is 0.0681. The van der Waals surface area contributed by atoms with Gasteiger partial charge in [-0.3, -0.25) is 0 Å². The highest BCUT2D eigenvalue weighted by Gasteiger charge is 2.33. The molecule has 2 aromatic rings. The third-order valence-electron chi connectivity index (χ3n) is 3.79. The van der Waals surface area contributed by atoms with Gasteiger partial charge in [0.1, 0.15) is 13.2 Å². The van der Waals surface area contributed by atoms with E-state index in [1.54, 1.807) is 24.3 Å². The standard InChI is InChI=1S/C20H22O6/c1-13-3-7-15(8-4-13)11-25-19(23)17(21)18(22)20(24)26-12-16-9-5-14(2)6-10-16/h3-10,17-18,21-22H,11-12H2,1-2H3. The number of benzene rings is 2. The highest BCUT2D eigenvalue weighted by molar-refractivity contribution is 5.85. The van der Waals surface area contributed by atoms with E-state index in [0.717, 1.165) is 22.3 Å². The number of hydrogen-bond acceptors (Lipinski definition) is 6. The summed E-state index contributed by atoms with van der Waals surface area (Å²) < 4.78 is 9.84. The Morgan fingerprint density at radius 2 is 1.04 bits per heavy atom. The van der Waals surface area contributed by atoms with Crippen molar-refractivity contribution in [1.29, 1.82) is 0 Å². The van der Waals surface area contributed by atoms with Gasteiger partial charge in [-0.1, -0.05) is 59.7 Å². The van der Waals surface area contributed by atoms with Gasteiger partial charge < -0.3 is 19.7 Å². The summed E-state index contributed by atoms with van der Waals surface area (Å²) in [6.07, 6.45) is -4.02. The molecule has 0 spiro atoms. The number of carbonyl (C=O) groups excluding carboxylic acids is 2. The van der Waals surface area contributed by atoms with Gasteiger partial charge in [-0.25, -0.2) is 9.59 Å². The number of carbonyl (C=O) groups is 2. The van der Waals surface area contributed by atoms with Crippen LogP contribution < -0.4 is 0 Å². The molecule has 26 heavy (non-hydrogen) atoms. The van der Waals surface area contributed by atoms with Crippen LogP contribution in [0.15, 0.2) is 48.5 Å². The van der Waals surface area contributed by atoms with Crippen LogP contribution in [0.3, 0.4) is 0 Å². The van der Waals surface area contributed by atoms with E-state index in [0.29, 0.717) is 0 Å². The number of aryl methyl sites for hydroxylation is 2. The topological polar surface area (TPSA) is 93.1 Å².